The molecule has 0 heterocycles. The number of hydrogen-bond acceptors (Lipinski definition) is 0. The van der Waals surface area contributed by atoms with Gasteiger partial charge < -0.3 is 0 Å². The maximum atomic E-state index is 2.63. The summed E-state index contributed by atoms with van der Waals surface area (Å²) in [6, 6.07) is 64.5. The van der Waals surface area contributed by atoms with E-state index in [0.29, 0.717) is 11.8 Å². The highest BCUT2D eigenvalue weighted by atomic mass is 31.1. The fourth-order valence-corrected chi connectivity index (χ4v) is 15.7. The molecule has 0 saturated carbocycles. The van der Waals surface area contributed by atoms with Gasteiger partial charge in [0.05, 0.1) is 0 Å². The number of rotatable bonds is 10. The Morgan fingerprint density at radius 1 is 0.510 bits per heavy atom. The van der Waals surface area contributed by atoms with Gasteiger partial charge in [-0.15, -0.1) is 0 Å². The highest BCUT2D eigenvalue weighted by Crippen LogP contribution is 2.71. The SMILES string of the molecule is CC(C)(CC(C1c2ccccc2C12Cc1ccccc12)C(C)(C)P(c1ccccc1)c1ccccc1)P(c1ccccc1)c1ccccc1. The molecule has 0 N–H and O–H groups in total. The fourth-order valence-electron chi connectivity index (χ4n) is 9.55. The van der Waals surface area contributed by atoms with Crippen LogP contribution in [-0.2, 0) is 11.8 Å². The lowest BCUT2D eigenvalue weighted by Gasteiger charge is -2.64. The molecule has 6 aromatic carbocycles. The Hall–Kier alpha value is -3.82. The second-order valence-electron chi connectivity index (χ2n) is 15.2. The van der Waals surface area contributed by atoms with Crippen LogP contribution < -0.4 is 21.2 Å². The number of benzene rings is 6. The standard InChI is InChI=1S/C47H46P2/c1-45(2,48(36-22-9-5-10-23-36)37-24-11-6-12-25-37)34-43(46(3,4)49(38-26-13-7-14-27-38)39-28-15-8-16-29-39)44-40-30-18-20-32-42(40)47(44)33-35-21-17-19-31-41(35)47/h5-32,43-44H,33-34H2,1-4H3. The molecule has 2 aliphatic rings. The smallest absolute Gasteiger partial charge is 0.0320 e. The zero-order chi connectivity index (χ0) is 33.6. The van der Waals surface area contributed by atoms with E-state index in [0.717, 1.165) is 12.8 Å². The minimum Gasteiger partial charge on any atom is -0.0622 e. The predicted octanol–water partition coefficient (Wildman–Crippen LogP) is 10.5. The topological polar surface area (TPSA) is 0 Å². The predicted molar refractivity (Wildman–Crippen MR) is 215 cm³/mol. The number of fused-ring (bicyclic) bond motifs is 4. The van der Waals surface area contributed by atoms with Gasteiger partial charge in [-0.1, -0.05) is 198 Å². The van der Waals surface area contributed by atoms with E-state index in [1.54, 1.807) is 16.7 Å². The molecule has 3 atom stereocenters. The van der Waals surface area contributed by atoms with Crippen LogP contribution in [0.15, 0.2) is 170 Å². The van der Waals surface area contributed by atoms with Crippen molar-refractivity contribution in [3.8, 4) is 0 Å². The van der Waals surface area contributed by atoms with E-state index in [4.69, 9.17) is 0 Å². The third-order valence-electron chi connectivity index (χ3n) is 11.5. The molecule has 2 aliphatic carbocycles. The summed E-state index contributed by atoms with van der Waals surface area (Å²) < 4.78 is 0. The first-order valence-electron chi connectivity index (χ1n) is 17.8. The van der Waals surface area contributed by atoms with Crippen molar-refractivity contribution in [2.75, 3.05) is 0 Å². The van der Waals surface area contributed by atoms with Crippen LogP contribution in [-0.4, -0.2) is 10.3 Å². The van der Waals surface area contributed by atoms with Crippen LogP contribution in [0.3, 0.4) is 0 Å². The highest BCUT2D eigenvalue weighted by molar-refractivity contribution is 7.75. The third kappa shape index (κ3) is 5.44. The van der Waals surface area contributed by atoms with Crippen molar-refractivity contribution in [1.29, 1.82) is 0 Å². The summed E-state index contributed by atoms with van der Waals surface area (Å²) in [5.74, 6) is 0.864. The highest BCUT2D eigenvalue weighted by Gasteiger charge is 2.63. The first-order valence-corrected chi connectivity index (χ1v) is 20.5. The summed E-state index contributed by atoms with van der Waals surface area (Å²) in [6.45, 7) is 10.4. The first kappa shape index (κ1) is 32.4. The van der Waals surface area contributed by atoms with Crippen molar-refractivity contribution in [2.45, 2.75) is 62.2 Å². The van der Waals surface area contributed by atoms with E-state index < -0.39 is 15.8 Å². The first-order chi connectivity index (χ1) is 23.8. The summed E-state index contributed by atoms with van der Waals surface area (Å²) in [7, 11) is -1.33. The maximum Gasteiger partial charge on any atom is 0.0320 e. The minimum absolute atomic E-state index is 0.0145. The molecule has 0 saturated heterocycles. The van der Waals surface area contributed by atoms with Gasteiger partial charge in [0.25, 0.3) is 0 Å². The molecule has 0 nitrogen and oxygen atoms in total. The Balaban J connectivity index is 1.33. The Morgan fingerprint density at radius 3 is 1.41 bits per heavy atom. The molecular weight excluding hydrogens is 626 g/mol. The molecule has 6 aromatic rings. The average molecular weight is 673 g/mol. The van der Waals surface area contributed by atoms with E-state index in [-0.39, 0.29) is 15.7 Å². The quantitative estimate of drug-likeness (QED) is 0.127. The third-order valence-corrected chi connectivity index (χ3v) is 17.7. The van der Waals surface area contributed by atoms with Crippen molar-refractivity contribution in [1.82, 2.24) is 0 Å². The van der Waals surface area contributed by atoms with Crippen molar-refractivity contribution < 1.29 is 0 Å². The van der Waals surface area contributed by atoms with Gasteiger partial charge in [0, 0.05) is 11.3 Å². The van der Waals surface area contributed by atoms with Crippen LogP contribution in [0.25, 0.3) is 0 Å². The maximum absolute atomic E-state index is 2.63. The van der Waals surface area contributed by atoms with E-state index in [1.165, 1.54) is 26.8 Å². The van der Waals surface area contributed by atoms with Crippen LogP contribution in [0.1, 0.15) is 62.3 Å². The molecule has 0 radical (unpaired) electrons. The largest absolute Gasteiger partial charge is 0.0622 e. The Kier molecular flexibility index (Phi) is 8.47. The lowest BCUT2D eigenvalue weighted by molar-refractivity contribution is 0.175. The normalized spacial score (nSPS) is 18.8. The van der Waals surface area contributed by atoms with Crippen molar-refractivity contribution >= 4 is 37.1 Å². The zero-order valence-corrected chi connectivity index (χ0v) is 30.9. The fraction of sp³-hybridized carbons (Fsp3) is 0.234. The van der Waals surface area contributed by atoms with Crippen LogP contribution >= 0.6 is 15.8 Å². The van der Waals surface area contributed by atoms with Gasteiger partial charge in [-0.2, -0.15) is 0 Å². The summed E-state index contributed by atoms with van der Waals surface area (Å²) >= 11 is 0. The zero-order valence-electron chi connectivity index (χ0n) is 29.1. The van der Waals surface area contributed by atoms with Gasteiger partial charge in [-0.3, -0.25) is 0 Å². The van der Waals surface area contributed by atoms with Crippen LogP contribution in [0.4, 0.5) is 0 Å². The van der Waals surface area contributed by atoms with Crippen LogP contribution in [0, 0.1) is 5.92 Å². The van der Waals surface area contributed by atoms with E-state index in [1.807, 2.05) is 0 Å². The van der Waals surface area contributed by atoms with E-state index >= 15 is 0 Å². The summed E-state index contributed by atoms with van der Waals surface area (Å²) in [4.78, 5) is 0. The molecule has 0 fully saturated rings. The second-order valence-corrected chi connectivity index (χ2v) is 20.9. The molecular formula is C47H46P2. The van der Waals surface area contributed by atoms with Crippen molar-refractivity contribution in [2.24, 2.45) is 5.92 Å². The Bertz CT molecular complexity index is 1960. The molecule has 3 unspecified atom stereocenters. The molecule has 0 aromatic heterocycles. The van der Waals surface area contributed by atoms with Gasteiger partial charge in [-0.25, -0.2) is 0 Å². The molecule has 244 valence electrons. The summed E-state index contributed by atoms with van der Waals surface area (Å²) in [5, 5.41) is 5.90. The van der Waals surface area contributed by atoms with E-state index in [9.17, 15) is 0 Å². The van der Waals surface area contributed by atoms with Crippen LogP contribution in [0.2, 0.25) is 0 Å². The van der Waals surface area contributed by atoms with Gasteiger partial charge >= 0.3 is 0 Å². The lowest BCUT2D eigenvalue weighted by Crippen LogP contribution is -2.59. The van der Waals surface area contributed by atoms with E-state index in [2.05, 4.69) is 198 Å². The Labute approximate surface area is 296 Å². The molecule has 2 heteroatoms. The Morgan fingerprint density at radius 2 is 0.918 bits per heavy atom. The molecule has 0 amide bonds. The minimum atomic E-state index is -0.690. The average Bonchev–Trinajstić information content (AvgIpc) is 3.11. The molecule has 8 rings (SSSR count). The van der Waals surface area contributed by atoms with Gasteiger partial charge in [0.15, 0.2) is 0 Å². The number of hydrogen-bond donors (Lipinski definition) is 0. The van der Waals surface area contributed by atoms with Crippen LogP contribution in [0.5, 0.6) is 0 Å². The second kappa shape index (κ2) is 12.8. The lowest BCUT2D eigenvalue weighted by atomic mass is 9.41. The molecule has 49 heavy (non-hydrogen) atoms. The molecule has 1 spiro atoms. The van der Waals surface area contributed by atoms with Gasteiger partial charge in [0.2, 0.25) is 0 Å². The van der Waals surface area contributed by atoms with Crippen molar-refractivity contribution in [3.63, 3.8) is 0 Å². The molecule has 0 aliphatic heterocycles. The van der Waals surface area contributed by atoms with Crippen molar-refractivity contribution in [3.05, 3.63) is 192 Å². The monoisotopic (exact) mass is 672 g/mol. The van der Waals surface area contributed by atoms with Gasteiger partial charge in [0.1, 0.15) is 0 Å². The molecule has 0 bridgehead atoms. The van der Waals surface area contributed by atoms with Gasteiger partial charge in [-0.05, 0) is 88.4 Å². The summed E-state index contributed by atoms with van der Waals surface area (Å²) in [6.07, 6.45) is 2.27. The summed E-state index contributed by atoms with van der Waals surface area (Å²) in [5.41, 5.74) is 6.30.